The van der Waals surface area contributed by atoms with Gasteiger partial charge in [-0.2, -0.15) is 0 Å². The van der Waals surface area contributed by atoms with Crippen molar-refractivity contribution in [2.75, 3.05) is 26.3 Å². The van der Waals surface area contributed by atoms with Crippen molar-refractivity contribution in [3.63, 3.8) is 0 Å². The molecule has 1 atom stereocenters. The fourth-order valence-corrected chi connectivity index (χ4v) is 3.27. The molecule has 1 aromatic heterocycles. The molecule has 19 heavy (non-hydrogen) atoms. The van der Waals surface area contributed by atoms with Crippen LogP contribution in [0.5, 0.6) is 0 Å². The highest BCUT2D eigenvalue weighted by molar-refractivity contribution is 7.10. The Kier molecular flexibility index (Phi) is 5.87. The Morgan fingerprint density at radius 3 is 3.11 bits per heavy atom. The molecule has 1 fully saturated rings. The zero-order valence-electron chi connectivity index (χ0n) is 11.1. The highest BCUT2D eigenvalue weighted by Crippen LogP contribution is 2.21. The number of hydrogen-bond acceptors (Lipinski definition) is 4. The summed E-state index contributed by atoms with van der Waals surface area (Å²) in [6, 6.07) is 2.14. The molecule has 1 aliphatic rings. The van der Waals surface area contributed by atoms with Gasteiger partial charge < -0.3 is 10.2 Å². The quantitative estimate of drug-likeness (QED) is 0.824. The smallest absolute Gasteiger partial charge is 0.0540 e. The number of hydrogen-bond donors (Lipinski definition) is 2. The second kappa shape index (κ2) is 7.66. The Hall–Kier alpha value is -0.860. The summed E-state index contributed by atoms with van der Waals surface area (Å²) < 4.78 is 0. The lowest BCUT2D eigenvalue weighted by atomic mass is 9.99. The summed E-state index contributed by atoms with van der Waals surface area (Å²) in [5.74, 6) is 6.45. The average Bonchev–Trinajstić information content (AvgIpc) is 2.87. The van der Waals surface area contributed by atoms with E-state index in [9.17, 15) is 5.11 Å². The van der Waals surface area contributed by atoms with Gasteiger partial charge in [-0.1, -0.05) is 11.8 Å². The monoisotopic (exact) mass is 279 g/mol. The van der Waals surface area contributed by atoms with Crippen LogP contribution >= 0.6 is 11.3 Å². The minimum Gasteiger partial charge on any atom is -0.396 e. The third-order valence-corrected chi connectivity index (χ3v) is 4.29. The predicted octanol–water partition coefficient (Wildman–Crippen LogP) is 1.69. The summed E-state index contributed by atoms with van der Waals surface area (Å²) in [6.07, 6.45) is 2.87. The predicted molar refractivity (Wildman–Crippen MR) is 78.0 cm³/mol. The van der Waals surface area contributed by atoms with Crippen LogP contribution in [0.2, 0.25) is 0 Å². The normalized spacial score (nSPS) is 20.0. The van der Waals surface area contributed by atoms with E-state index in [0.717, 1.165) is 31.6 Å². The number of thiophene rings is 1. The number of aliphatic hydroxyl groups excluding tert-OH is 2. The molecule has 4 heteroatoms. The van der Waals surface area contributed by atoms with Crippen LogP contribution in [-0.2, 0) is 6.54 Å². The molecule has 2 heterocycles. The number of aliphatic hydroxyl groups is 2. The second-order valence-electron chi connectivity index (χ2n) is 5.00. The molecule has 0 radical (unpaired) electrons. The molecule has 104 valence electrons. The second-order valence-corrected chi connectivity index (χ2v) is 6.00. The van der Waals surface area contributed by atoms with E-state index >= 15 is 0 Å². The van der Waals surface area contributed by atoms with Gasteiger partial charge in [0.05, 0.1) is 6.61 Å². The summed E-state index contributed by atoms with van der Waals surface area (Å²) in [5.41, 5.74) is 1.05. The molecule has 0 bridgehead atoms. The number of nitrogens with zero attached hydrogens (tertiary/aromatic N) is 1. The molecular formula is C15H21NO2S. The lowest BCUT2D eigenvalue weighted by Crippen LogP contribution is -2.36. The van der Waals surface area contributed by atoms with Crippen LogP contribution in [-0.4, -0.2) is 41.4 Å². The molecule has 1 aromatic rings. The van der Waals surface area contributed by atoms with Gasteiger partial charge in [-0.05, 0) is 31.4 Å². The lowest BCUT2D eigenvalue weighted by molar-refractivity contribution is 0.116. The van der Waals surface area contributed by atoms with Gasteiger partial charge in [0.15, 0.2) is 0 Å². The zero-order chi connectivity index (χ0) is 13.5. The van der Waals surface area contributed by atoms with E-state index < -0.39 is 0 Å². The van der Waals surface area contributed by atoms with E-state index in [4.69, 9.17) is 5.11 Å². The first-order valence-electron chi connectivity index (χ1n) is 6.82. The van der Waals surface area contributed by atoms with Crippen molar-refractivity contribution < 1.29 is 10.2 Å². The molecule has 2 N–H and O–H groups in total. The Morgan fingerprint density at radius 1 is 1.42 bits per heavy atom. The van der Waals surface area contributed by atoms with E-state index in [1.165, 1.54) is 11.3 Å². The molecule has 1 saturated heterocycles. The van der Waals surface area contributed by atoms with Gasteiger partial charge >= 0.3 is 0 Å². The van der Waals surface area contributed by atoms with Gasteiger partial charge in [0, 0.05) is 41.9 Å². The van der Waals surface area contributed by atoms with Crippen molar-refractivity contribution in [1.82, 2.24) is 4.90 Å². The summed E-state index contributed by atoms with van der Waals surface area (Å²) in [6.45, 7) is 3.52. The molecular weight excluding hydrogens is 258 g/mol. The first kappa shape index (κ1) is 14.5. The van der Waals surface area contributed by atoms with Crippen molar-refractivity contribution in [3.8, 4) is 11.8 Å². The fourth-order valence-electron chi connectivity index (χ4n) is 2.41. The minimum absolute atomic E-state index is 0.125. The molecule has 0 aliphatic carbocycles. The van der Waals surface area contributed by atoms with Crippen molar-refractivity contribution >= 4 is 11.3 Å². The van der Waals surface area contributed by atoms with Gasteiger partial charge in [-0.15, -0.1) is 11.3 Å². The number of likely N-dealkylation sites (tertiary alicyclic amines) is 1. The average molecular weight is 279 g/mol. The minimum atomic E-state index is 0.125. The van der Waals surface area contributed by atoms with Crippen LogP contribution in [0.3, 0.4) is 0 Å². The Balaban J connectivity index is 1.87. The first-order valence-corrected chi connectivity index (χ1v) is 7.70. The summed E-state index contributed by atoms with van der Waals surface area (Å²) in [5, 5.41) is 20.0. The number of rotatable bonds is 4. The van der Waals surface area contributed by atoms with Crippen LogP contribution in [0, 0.1) is 17.8 Å². The summed E-state index contributed by atoms with van der Waals surface area (Å²) in [4.78, 5) is 3.74. The maximum atomic E-state index is 9.24. The fraction of sp³-hybridized carbons (Fsp3) is 0.600. The lowest BCUT2D eigenvalue weighted by Gasteiger charge is -2.31. The third kappa shape index (κ3) is 4.63. The standard InChI is InChI=1S/C15H21NO2S/c17-7-2-1-4-13-8-15(19-12-13)10-16-6-3-5-14(9-16)11-18/h8,12,14,17-18H,2-3,5-7,9-11H2. The SMILES string of the molecule is OCCC#Cc1csc(CN2CCCC(CO)C2)c1. The zero-order valence-corrected chi connectivity index (χ0v) is 12.0. The third-order valence-electron chi connectivity index (χ3n) is 3.36. The first-order chi connectivity index (χ1) is 9.31. The van der Waals surface area contributed by atoms with Crippen LogP contribution in [0.25, 0.3) is 0 Å². The van der Waals surface area contributed by atoms with Gasteiger partial charge in [-0.3, -0.25) is 4.90 Å². The van der Waals surface area contributed by atoms with Gasteiger partial charge in [-0.25, -0.2) is 0 Å². The van der Waals surface area contributed by atoms with E-state index in [2.05, 4.69) is 28.2 Å². The van der Waals surface area contributed by atoms with Crippen LogP contribution in [0.15, 0.2) is 11.4 Å². The molecule has 0 amide bonds. The molecule has 3 nitrogen and oxygen atoms in total. The highest BCUT2D eigenvalue weighted by atomic mass is 32.1. The molecule has 0 aromatic carbocycles. The van der Waals surface area contributed by atoms with Crippen LogP contribution in [0.1, 0.15) is 29.7 Å². The van der Waals surface area contributed by atoms with Crippen molar-refractivity contribution in [1.29, 1.82) is 0 Å². The number of piperidine rings is 1. The van der Waals surface area contributed by atoms with Crippen molar-refractivity contribution in [2.45, 2.75) is 25.8 Å². The van der Waals surface area contributed by atoms with E-state index in [1.54, 1.807) is 11.3 Å². The molecule has 1 unspecified atom stereocenters. The molecule has 0 spiro atoms. The maximum Gasteiger partial charge on any atom is 0.0540 e. The molecule has 0 saturated carbocycles. The van der Waals surface area contributed by atoms with Crippen LogP contribution < -0.4 is 0 Å². The van der Waals surface area contributed by atoms with E-state index in [1.807, 2.05) is 0 Å². The van der Waals surface area contributed by atoms with Crippen molar-refractivity contribution in [3.05, 3.63) is 21.9 Å². The van der Waals surface area contributed by atoms with E-state index in [-0.39, 0.29) is 6.61 Å². The van der Waals surface area contributed by atoms with Gasteiger partial charge in [0.1, 0.15) is 0 Å². The Bertz CT molecular complexity index is 446. The van der Waals surface area contributed by atoms with Crippen LogP contribution in [0.4, 0.5) is 0 Å². The summed E-state index contributed by atoms with van der Waals surface area (Å²) in [7, 11) is 0. The van der Waals surface area contributed by atoms with Crippen molar-refractivity contribution in [2.24, 2.45) is 5.92 Å². The Labute approximate surface area is 118 Å². The highest BCUT2D eigenvalue weighted by Gasteiger charge is 2.19. The van der Waals surface area contributed by atoms with Gasteiger partial charge in [0.25, 0.3) is 0 Å². The topological polar surface area (TPSA) is 43.7 Å². The van der Waals surface area contributed by atoms with Gasteiger partial charge in [0.2, 0.25) is 0 Å². The maximum absolute atomic E-state index is 9.24. The summed E-state index contributed by atoms with van der Waals surface area (Å²) >= 11 is 1.74. The largest absolute Gasteiger partial charge is 0.396 e. The Morgan fingerprint density at radius 2 is 2.32 bits per heavy atom. The molecule has 2 rings (SSSR count). The van der Waals surface area contributed by atoms with E-state index in [0.29, 0.717) is 18.9 Å². The molecule has 1 aliphatic heterocycles.